The number of ether oxygens (including phenoxy) is 4. The van der Waals surface area contributed by atoms with Crippen LogP contribution in [0.2, 0.25) is 5.28 Å². The second-order valence-corrected chi connectivity index (χ2v) is 5.45. The number of rotatable bonds is 4. The van der Waals surface area contributed by atoms with Gasteiger partial charge >= 0.3 is 0 Å². The molecule has 0 saturated carbocycles. The number of aromatic nitrogens is 4. The van der Waals surface area contributed by atoms with Crippen LogP contribution in [0.3, 0.4) is 0 Å². The van der Waals surface area contributed by atoms with Crippen molar-refractivity contribution in [3.8, 4) is 35.4 Å². The monoisotopic (exact) mass is 450 g/mol. The molecule has 0 radical (unpaired) electrons. The zero-order chi connectivity index (χ0) is 21.1. The lowest BCUT2D eigenvalue weighted by molar-refractivity contribution is 0.370. The van der Waals surface area contributed by atoms with Gasteiger partial charge in [0, 0.05) is 5.56 Å². The molecule has 2 heterocycles. The Bertz CT molecular complexity index is 951. The smallest absolute Gasteiger partial charge is 0.228 e. The normalized spacial score (nSPS) is 8.97. The summed E-state index contributed by atoms with van der Waals surface area (Å²) >= 11 is 5.53. The van der Waals surface area contributed by atoms with E-state index < -0.39 is 0 Å². The summed E-state index contributed by atoms with van der Waals surface area (Å²) in [5.41, 5.74) is 0.905. The lowest BCUT2D eigenvalue weighted by Crippen LogP contribution is -1.97. The molecule has 0 bridgehead atoms. The second-order valence-electron chi connectivity index (χ2n) is 5.11. The Morgan fingerprint density at radius 3 is 1.53 bits per heavy atom. The van der Waals surface area contributed by atoms with Crippen molar-refractivity contribution < 1.29 is 18.9 Å². The molecule has 0 aliphatic carbocycles. The molecule has 0 aliphatic heterocycles. The maximum Gasteiger partial charge on any atom is 0.228 e. The molecule has 0 spiro atoms. The van der Waals surface area contributed by atoms with Gasteiger partial charge in [-0.1, -0.05) is 24.1 Å². The molecule has 3 rings (SSSR count). The van der Waals surface area contributed by atoms with Crippen LogP contribution in [0.5, 0.6) is 23.5 Å². The molecule has 2 aromatic heterocycles. The van der Waals surface area contributed by atoms with E-state index in [4.69, 9.17) is 30.5 Å². The van der Waals surface area contributed by atoms with E-state index in [1.807, 2.05) is 30.3 Å². The van der Waals surface area contributed by atoms with Crippen LogP contribution < -0.4 is 18.9 Å². The second kappa shape index (κ2) is 13.0. The third-order valence-electron chi connectivity index (χ3n) is 3.26. The molecule has 0 aliphatic rings. The minimum atomic E-state index is 0. The van der Waals surface area contributed by atoms with Crippen molar-refractivity contribution in [1.82, 2.24) is 19.9 Å². The van der Waals surface area contributed by atoms with Gasteiger partial charge in [0.15, 0.2) is 0 Å². The quantitative estimate of drug-likeness (QED) is 0.440. The van der Waals surface area contributed by atoms with E-state index in [1.165, 1.54) is 28.4 Å². The molecule has 3 aromatic rings. The third kappa shape index (κ3) is 7.99. The van der Waals surface area contributed by atoms with Crippen molar-refractivity contribution >= 4 is 24.0 Å². The van der Waals surface area contributed by atoms with Crippen LogP contribution in [0.15, 0.2) is 42.5 Å². The van der Waals surface area contributed by atoms with Gasteiger partial charge in [-0.2, -0.15) is 19.9 Å². The minimum Gasteiger partial charge on any atom is -0.481 e. The fourth-order valence-electron chi connectivity index (χ4n) is 1.90. The Morgan fingerprint density at radius 1 is 0.667 bits per heavy atom. The molecule has 0 saturated heterocycles. The summed E-state index contributed by atoms with van der Waals surface area (Å²) in [5, 5.41) is 0.112. The van der Waals surface area contributed by atoms with Crippen molar-refractivity contribution in [3.05, 3.63) is 59.1 Å². The third-order valence-corrected chi connectivity index (χ3v) is 3.43. The van der Waals surface area contributed by atoms with E-state index in [2.05, 4.69) is 31.8 Å². The maximum absolute atomic E-state index is 5.53. The first kappa shape index (κ1) is 24.8. The number of nitrogens with zero attached hydrogens (tertiary/aromatic N) is 4. The van der Waals surface area contributed by atoms with Crippen LogP contribution in [0.1, 0.15) is 11.4 Å². The Labute approximate surface area is 186 Å². The van der Waals surface area contributed by atoms with E-state index in [-0.39, 0.29) is 17.7 Å². The van der Waals surface area contributed by atoms with Gasteiger partial charge in [0.2, 0.25) is 34.6 Å². The zero-order valence-electron chi connectivity index (χ0n) is 16.7. The fourth-order valence-corrected chi connectivity index (χ4v) is 2.07. The van der Waals surface area contributed by atoms with E-state index in [0.29, 0.717) is 29.3 Å². The Balaban J connectivity index is 0.000000324. The summed E-state index contributed by atoms with van der Waals surface area (Å²) in [7, 11) is 6.07. The summed E-state index contributed by atoms with van der Waals surface area (Å²) in [6.45, 7) is 0. The average molecular weight is 451 g/mol. The molecule has 158 valence electrons. The lowest BCUT2D eigenvalue weighted by atomic mass is 10.2. The first-order valence-corrected chi connectivity index (χ1v) is 8.62. The van der Waals surface area contributed by atoms with E-state index in [9.17, 15) is 0 Å². The van der Waals surface area contributed by atoms with E-state index >= 15 is 0 Å². The van der Waals surface area contributed by atoms with Gasteiger partial charge in [-0.05, 0) is 29.7 Å². The summed E-state index contributed by atoms with van der Waals surface area (Å²) in [5.74, 6) is 7.87. The molecule has 0 N–H and O–H groups in total. The van der Waals surface area contributed by atoms with Gasteiger partial charge in [-0.15, -0.1) is 12.4 Å². The highest BCUT2D eigenvalue weighted by Crippen LogP contribution is 2.16. The molecule has 0 fully saturated rings. The van der Waals surface area contributed by atoms with Gasteiger partial charge in [-0.3, -0.25) is 0 Å². The SMILES string of the molecule is COc1cc(OC)nc(C#Cc2ccccc2)n1.COc1cc(OC)nc(Cl)n1.Cl. The standard InChI is InChI=1S/C14H12N2O2.C6H7ClN2O2.ClH/c1-17-13-10-14(18-2)16-12(15-13)9-8-11-6-4-3-5-7-11;1-10-4-3-5(11-2)9-6(7)8-4;/h3-7,10H,1-2H3;3H,1-2H3;1H. The lowest BCUT2D eigenvalue weighted by Gasteiger charge is -2.02. The highest BCUT2D eigenvalue weighted by atomic mass is 35.5. The number of halogens is 2. The van der Waals surface area contributed by atoms with Gasteiger partial charge in [0.1, 0.15) is 0 Å². The van der Waals surface area contributed by atoms with E-state index in [0.717, 1.165) is 5.56 Å². The molecule has 10 heteroatoms. The molecular weight excluding hydrogens is 431 g/mol. The topological polar surface area (TPSA) is 88.5 Å². The van der Waals surface area contributed by atoms with Crippen LogP contribution in [0.4, 0.5) is 0 Å². The predicted molar refractivity (Wildman–Crippen MR) is 115 cm³/mol. The Morgan fingerprint density at radius 2 is 1.10 bits per heavy atom. The molecular formula is C20H20Cl2N4O4. The van der Waals surface area contributed by atoms with Crippen LogP contribution in [-0.4, -0.2) is 48.4 Å². The van der Waals surface area contributed by atoms with Crippen LogP contribution >= 0.6 is 24.0 Å². The molecule has 0 atom stereocenters. The largest absolute Gasteiger partial charge is 0.481 e. The molecule has 0 unspecified atom stereocenters. The van der Waals surface area contributed by atoms with Crippen molar-refractivity contribution in [2.45, 2.75) is 0 Å². The van der Waals surface area contributed by atoms with Gasteiger partial charge in [-0.25, -0.2) is 0 Å². The predicted octanol–water partition coefficient (Wildman–Crippen LogP) is 3.46. The van der Waals surface area contributed by atoms with Gasteiger partial charge in [0.25, 0.3) is 0 Å². The molecule has 0 amide bonds. The van der Waals surface area contributed by atoms with Crippen LogP contribution in [0.25, 0.3) is 0 Å². The fraction of sp³-hybridized carbons (Fsp3) is 0.200. The first-order valence-electron chi connectivity index (χ1n) is 8.24. The van der Waals surface area contributed by atoms with Gasteiger partial charge < -0.3 is 18.9 Å². The number of benzene rings is 1. The maximum atomic E-state index is 5.53. The summed E-state index contributed by atoms with van der Waals surface area (Å²) < 4.78 is 19.7. The summed E-state index contributed by atoms with van der Waals surface area (Å²) in [6.07, 6.45) is 0. The molecule has 1 aromatic carbocycles. The first-order chi connectivity index (χ1) is 14.1. The van der Waals surface area contributed by atoms with Crippen LogP contribution in [0, 0.1) is 11.8 Å². The van der Waals surface area contributed by atoms with Crippen molar-refractivity contribution in [2.75, 3.05) is 28.4 Å². The number of methoxy groups -OCH3 is 4. The number of hydrogen-bond acceptors (Lipinski definition) is 8. The summed E-state index contributed by atoms with van der Waals surface area (Å²) in [6, 6.07) is 12.8. The van der Waals surface area contributed by atoms with Crippen LogP contribution in [-0.2, 0) is 0 Å². The highest BCUT2D eigenvalue weighted by molar-refractivity contribution is 6.28. The van der Waals surface area contributed by atoms with Gasteiger partial charge in [0.05, 0.1) is 40.6 Å². The Hall–Kier alpha value is -3.28. The average Bonchev–Trinajstić information content (AvgIpc) is 2.78. The molecule has 8 nitrogen and oxygen atoms in total. The van der Waals surface area contributed by atoms with Crippen molar-refractivity contribution in [3.63, 3.8) is 0 Å². The zero-order valence-corrected chi connectivity index (χ0v) is 18.3. The highest BCUT2D eigenvalue weighted by Gasteiger charge is 2.03. The van der Waals surface area contributed by atoms with E-state index in [1.54, 1.807) is 12.1 Å². The summed E-state index contributed by atoms with van der Waals surface area (Å²) in [4.78, 5) is 15.8. The minimum absolute atomic E-state index is 0. The Kier molecular flexibility index (Phi) is 10.8. The van der Waals surface area contributed by atoms with Crippen molar-refractivity contribution in [2.24, 2.45) is 0 Å². The van der Waals surface area contributed by atoms with Crippen molar-refractivity contribution in [1.29, 1.82) is 0 Å². The molecule has 30 heavy (non-hydrogen) atoms. The number of hydrogen-bond donors (Lipinski definition) is 0.